The van der Waals surface area contributed by atoms with E-state index in [0.29, 0.717) is 36.8 Å². The third-order valence-electron chi connectivity index (χ3n) is 4.67. The molecule has 0 atom stereocenters. The Hall–Kier alpha value is -3.68. The third-order valence-corrected chi connectivity index (χ3v) is 4.67. The van der Waals surface area contributed by atoms with E-state index in [0.717, 1.165) is 16.7 Å². The molecule has 8 heteroatoms. The summed E-state index contributed by atoms with van der Waals surface area (Å²) in [5.74, 6) is 0.0884. The molecule has 0 aliphatic carbocycles. The van der Waals surface area contributed by atoms with Crippen molar-refractivity contribution in [2.24, 2.45) is 0 Å². The summed E-state index contributed by atoms with van der Waals surface area (Å²) in [5.41, 5.74) is 3.85. The second-order valence-electron chi connectivity index (χ2n) is 6.47. The fraction of sp³-hybridized carbons (Fsp3) is 0.200. The van der Waals surface area contributed by atoms with Gasteiger partial charge in [-0.3, -0.25) is 9.59 Å². The van der Waals surface area contributed by atoms with Gasteiger partial charge in [-0.1, -0.05) is 18.2 Å². The number of nitrogens with zero attached hydrogens (tertiary/aromatic N) is 3. The van der Waals surface area contributed by atoms with E-state index in [9.17, 15) is 9.59 Å². The molecule has 0 unspecified atom stereocenters. The van der Waals surface area contributed by atoms with Crippen LogP contribution in [0.15, 0.2) is 49.1 Å². The smallest absolute Gasteiger partial charge is 0.276 e. The van der Waals surface area contributed by atoms with Crippen LogP contribution in [0.25, 0.3) is 0 Å². The van der Waals surface area contributed by atoms with Gasteiger partial charge >= 0.3 is 0 Å². The molecule has 2 aromatic heterocycles. The summed E-state index contributed by atoms with van der Waals surface area (Å²) in [5, 5.41) is 2.85. The lowest BCUT2D eigenvalue weighted by atomic mass is 10.1. The Morgan fingerprint density at radius 1 is 1.25 bits per heavy atom. The quantitative estimate of drug-likeness (QED) is 0.707. The minimum absolute atomic E-state index is 0.164. The molecule has 1 aliphatic heterocycles. The number of methoxy groups -OCH3 is 1. The maximum atomic E-state index is 12.8. The normalized spacial score (nSPS) is 12.5. The van der Waals surface area contributed by atoms with Crippen LogP contribution in [0.3, 0.4) is 0 Å². The Labute approximate surface area is 161 Å². The zero-order valence-corrected chi connectivity index (χ0v) is 15.3. The molecule has 3 aromatic rings. The van der Waals surface area contributed by atoms with Gasteiger partial charge in [-0.05, 0) is 28.8 Å². The SMILES string of the molecule is COc1cccnc1C(=O)N1Cc2ccc(CNC(=O)c3cnc[nH]3)cc2C1. The molecular weight excluding hydrogens is 358 g/mol. The molecular formula is C20H19N5O3. The number of carbonyl (C=O) groups excluding carboxylic acids is 2. The second-order valence-corrected chi connectivity index (χ2v) is 6.47. The molecule has 0 bridgehead atoms. The molecule has 28 heavy (non-hydrogen) atoms. The van der Waals surface area contributed by atoms with Gasteiger partial charge in [0.2, 0.25) is 0 Å². The number of aromatic amines is 1. The van der Waals surface area contributed by atoms with Crippen LogP contribution >= 0.6 is 0 Å². The lowest BCUT2D eigenvalue weighted by Crippen LogP contribution is -2.26. The van der Waals surface area contributed by atoms with Crippen molar-refractivity contribution >= 4 is 11.8 Å². The average Bonchev–Trinajstić information content (AvgIpc) is 3.41. The van der Waals surface area contributed by atoms with Crippen molar-refractivity contribution in [1.29, 1.82) is 0 Å². The van der Waals surface area contributed by atoms with Crippen molar-refractivity contribution < 1.29 is 14.3 Å². The number of rotatable bonds is 5. The summed E-state index contributed by atoms with van der Waals surface area (Å²) >= 11 is 0. The summed E-state index contributed by atoms with van der Waals surface area (Å²) < 4.78 is 5.25. The van der Waals surface area contributed by atoms with Gasteiger partial charge in [0.05, 0.1) is 19.6 Å². The van der Waals surface area contributed by atoms with Crippen LogP contribution in [0.5, 0.6) is 5.75 Å². The van der Waals surface area contributed by atoms with Crippen molar-refractivity contribution in [3.63, 3.8) is 0 Å². The minimum Gasteiger partial charge on any atom is -0.494 e. The Kier molecular flexibility index (Phi) is 4.76. The second kappa shape index (κ2) is 7.51. The molecule has 0 spiro atoms. The largest absolute Gasteiger partial charge is 0.494 e. The van der Waals surface area contributed by atoms with Crippen molar-refractivity contribution in [3.8, 4) is 5.75 Å². The molecule has 0 fully saturated rings. The molecule has 8 nitrogen and oxygen atoms in total. The van der Waals surface area contributed by atoms with E-state index < -0.39 is 0 Å². The molecule has 1 aliphatic rings. The van der Waals surface area contributed by atoms with E-state index in [1.807, 2.05) is 18.2 Å². The third kappa shape index (κ3) is 3.44. The molecule has 4 rings (SSSR count). The Morgan fingerprint density at radius 2 is 2.11 bits per heavy atom. The Balaban J connectivity index is 1.44. The van der Waals surface area contributed by atoms with Gasteiger partial charge in [-0.2, -0.15) is 0 Å². The molecule has 142 valence electrons. The Morgan fingerprint density at radius 3 is 2.89 bits per heavy atom. The van der Waals surface area contributed by atoms with E-state index in [1.54, 1.807) is 23.2 Å². The number of carbonyl (C=O) groups is 2. The maximum Gasteiger partial charge on any atom is 0.276 e. The number of nitrogens with one attached hydrogen (secondary N) is 2. The van der Waals surface area contributed by atoms with Crippen LogP contribution in [0.2, 0.25) is 0 Å². The Bertz CT molecular complexity index is 1020. The topological polar surface area (TPSA) is 100 Å². The lowest BCUT2D eigenvalue weighted by Gasteiger charge is -2.16. The molecule has 2 amide bonds. The molecule has 2 N–H and O–H groups in total. The average molecular weight is 377 g/mol. The zero-order valence-electron chi connectivity index (χ0n) is 15.3. The number of aromatic nitrogens is 3. The molecule has 3 heterocycles. The van der Waals surface area contributed by atoms with Crippen LogP contribution in [-0.2, 0) is 19.6 Å². The van der Waals surface area contributed by atoms with Crippen LogP contribution in [0, 0.1) is 0 Å². The summed E-state index contributed by atoms with van der Waals surface area (Å²) in [6, 6.07) is 9.44. The maximum absolute atomic E-state index is 12.8. The number of benzene rings is 1. The van der Waals surface area contributed by atoms with E-state index >= 15 is 0 Å². The van der Waals surface area contributed by atoms with Crippen LogP contribution < -0.4 is 10.1 Å². The van der Waals surface area contributed by atoms with Crippen molar-refractivity contribution in [2.75, 3.05) is 7.11 Å². The van der Waals surface area contributed by atoms with E-state index in [1.165, 1.54) is 19.6 Å². The van der Waals surface area contributed by atoms with Gasteiger partial charge in [-0.15, -0.1) is 0 Å². The number of imidazole rings is 1. The number of amides is 2. The molecule has 0 saturated carbocycles. The predicted molar refractivity (Wildman–Crippen MR) is 101 cm³/mol. The summed E-state index contributed by atoms with van der Waals surface area (Å²) in [4.78, 5) is 37.4. The van der Waals surface area contributed by atoms with Crippen molar-refractivity contribution in [1.82, 2.24) is 25.2 Å². The van der Waals surface area contributed by atoms with Crippen molar-refractivity contribution in [3.05, 3.63) is 77.1 Å². The van der Waals surface area contributed by atoms with Gasteiger partial charge in [-0.25, -0.2) is 9.97 Å². The standard InChI is InChI=1S/C20H19N5O3/c1-28-17-3-2-6-22-18(17)20(27)25-10-14-5-4-13(7-15(14)11-25)8-23-19(26)16-9-21-12-24-16/h2-7,9,12H,8,10-11H2,1H3,(H,21,24)(H,23,26). The highest BCUT2D eigenvalue weighted by Crippen LogP contribution is 2.27. The molecule has 1 aromatic carbocycles. The number of pyridine rings is 1. The first-order valence-corrected chi connectivity index (χ1v) is 8.81. The fourth-order valence-corrected chi connectivity index (χ4v) is 3.22. The summed E-state index contributed by atoms with van der Waals surface area (Å²) in [7, 11) is 1.52. The lowest BCUT2D eigenvalue weighted by molar-refractivity contribution is 0.0741. The van der Waals surface area contributed by atoms with Crippen LogP contribution in [0.1, 0.15) is 37.7 Å². The van der Waals surface area contributed by atoms with Gasteiger partial charge < -0.3 is 19.9 Å². The number of hydrogen-bond acceptors (Lipinski definition) is 5. The first kappa shape index (κ1) is 17.7. The highest BCUT2D eigenvalue weighted by Gasteiger charge is 2.27. The number of ether oxygens (including phenoxy) is 1. The number of hydrogen-bond donors (Lipinski definition) is 2. The number of fused-ring (bicyclic) bond motifs is 1. The summed E-state index contributed by atoms with van der Waals surface area (Å²) in [6.45, 7) is 1.41. The van der Waals surface area contributed by atoms with Crippen LogP contribution in [0.4, 0.5) is 0 Å². The van der Waals surface area contributed by atoms with Gasteiger partial charge in [0.25, 0.3) is 11.8 Å². The van der Waals surface area contributed by atoms with Crippen LogP contribution in [-0.4, -0.2) is 38.8 Å². The van der Waals surface area contributed by atoms with Crippen molar-refractivity contribution in [2.45, 2.75) is 19.6 Å². The van der Waals surface area contributed by atoms with Gasteiger partial charge in [0.1, 0.15) is 11.4 Å². The minimum atomic E-state index is -0.211. The predicted octanol–water partition coefficient (Wildman–Crippen LogP) is 1.90. The highest BCUT2D eigenvalue weighted by molar-refractivity contribution is 5.95. The molecule has 0 saturated heterocycles. The first-order valence-electron chi connectivity index (χ1n) is 8.81. The number of H-pyrrole nitrogens is 1. The first-order chi connectivity index (χ1) is 13.7. The van der Waals surface area contributed by atoms with E-state index in [2.05, 4.69) is 20.3 Å². The highest BCUT2D eigenvalue weighted by atomic mass is 16.5. The van der Waals surface area contributed by atoms with E-state index in [-0.39, 0.29) is 11.8 Å². The summed E-state index contributed by atoms with van der Waals surface area (Å²) in [6.07, 6.45) is 4.53. The van der Waals surface area contributed by atoms with E-state index in [4.69, 9.17) is 4.74 Å². The zero-order chi connectivity index (χ0) is 19.5. The van der Waals surface area contributed by atoms with Gasteiger partial charge in [0.15, 0.2) is 5.69 Å². The monoisotopic (exact) mass is 377 g/mol. The molecule has 0 radical (unpaired) electrons. The fourth-order valence-electron chi connectivity index (χ4n) is 3.22. The van der Waals surface area contributed by atoms with Gasteiger partial charge in [0, 0.05) is 25.8 Å².